The SMILES string of the molecule is CN1CC[C@@]2(C)c3cc(OC(=O)NCCCCCCCCCCCCN4CCOCC4)ccc3N(C)[C@@H]12. The monoisotopic (exact) mass is 514 g/mol. The molecule has 0 saturated carbocycles. The minimum Gasteiger partial charge on any atom is -0.410 e. The Kier molecular flexibility index (Phi) is 10.5. The number of fused-ring (bicyclic) bond motifs is 3. The molecule has 37 heavy (non-hydrogen) atoms. The number of unbranched alkanes of at least 4 members (excludes halogenated alkanes) is 9. The highest BCUT2D eigenvalue weighted by molar-refractivity contribution is 5.72. The molecule has 4 rings (SSSR count). The number of morpholine rings is 1. The van der Waals surface area contributed by atoms with E-state index in [0.717, 1.165) is 52.1 Å². The molecule has 3 heterocycles. The molecule has 208 valence electrons. The number of benzene rings is 1. The van der Waals surface area contributed by atoms with Crippen molar-refractivity contribution < 1.29 is 14.3 Å². The Morgan fingerprint density at radius 2 is 1.62 bits per heavy atom. The van der Waals surface area contributed by atoms with E-state index in [9.17, 15) is 4.79 Å². The van der Waals surface area contributed by atoms with Gasteiger partial charge in [0.2, 0.25) is 0 Å². The van der Waals surface area contributed by atoms with Crippen molar-refractivity contribution in [2.45, 2.75) is 89.1 Å². The van der Waals surface area contributed by atoms with E-state index in [-0.39, 0.29) is 11.5 Å². The molecule has 1 amide bonds. The maximum Gasteiger partial charge on any atom is 0.412 e. The second kappa shape index (κ2) is 13.8. The Morgan fingerprint density at radius 3 is 2.32 bits per heavy atom. The van der Waals surface area contributed by atoms with E-state index in [4.69, 9.17) is 9.47 Å². The summed E-state index contributed by atoms with van der Waals surface area (Å²) in [7, 11) is 4.36. The molecule has 1 aromatic rings. The van der Waals surface area contributed by atoms with Crippen LogP contribution in [0, 0.1) is 0 Å². The number of nitrogens with one attached hydrogen (secondary N) is 1. The predicted molar refractivity (Wildman–Crippen MR) is 151 cm³/mol. The van der Waals surface area contributed by atoms with Gasteiger partial charge >= 0.3 is 6.09 Å². The summed E-state index contributed by atoms with van der Waals surface area (Å²) in [5, 5.41) is 2.93. The van der Waals surface area contributed by atoms with Gasteiger partial charge in [-0.3, -0.25) is 9.80 Å². The number of amides is 1. The maximum absolute atomic E-state index is 12.3. The molecular weight excluding hydrogens is 464 g/mol. The first-order valence-corrected chi connectivity index (χ1v) is 14.8. The van der Waals surface area contributed by atoms with Gasteiger partial charge in [0.15, 0.2) is 0 Å². The Labute approximate surface area is 224 Å². The van der Waals surface area contributed by atoms with Gasteiger partial charge in [-0.25, -0.2) is 4.79 Å². The Bertz CT molecular complexity index is 859. The largest absolute Gasteiger partial charge is 0.412 e. The zero-order valence-electron chi connectivity index (χ0n) is 23.6. The molecule has 7 nitrogen and oxygen atoms in total. The first-order valence-electron chi connectivity index (χ1n) is 14.8. The van der Waals surface area contributed by atoms with Crippen molar-refractivity contribution in [1.82, 2.24) is 15.1 Å². The lowest BCUT2D eigenvalue weighted by Crippen LogP contribution is -2.45. The van der Waals surface area contributed by atoms with Gasteiger partial charge in [-0.15, -0.1) is 0 Å². The van der Waals surface area contributed by atoms with Crippen molar-refractivity contribution in [3.8, 4) is 5.75 Å². The number of carbonyl (C=O) groups is 1. The number of anilines is 1. The van der Waals surface area contributed by atoms with Crippen LogP contribution in [0.2, 0.25) is 0 Å². The van der Waals surface area contributed by atoms with Gasteiger partial charge in [0, 0.05) is 44.3 Å². The lowest BCUT2D eigenvalue weighted by Gasteiger charge is -2.32. The van der Waals surface area contributed by atoms with Crippen LogP contribution in [-0.2, 0) is 10.2 Å². The number of likely N-dealkylation sites (N-methyl/N-ethyl adjacent to an activating group) is 2. The van der Waals surface area contributed by atoms with Crippen molar-refractivity contribution in [1.29, 1.82) is 0 Å². The van der Waals surface area contributed by atoms with Crippen LogP contribution in [-0.4, -0.2) is 82.1 Å². The summed E-state index contributed by atoms with van der Waals surface area (Å²) in [6.07, 6.45) is 14.0. The molecule has 1 N–H and O–H groups in total. The smallest absolute Gasteiger partial charge is 0.410 e. The molecular formula is C30H50N4O3. The minimum atomic E-state index is -0.342. The number of nitrogens with zero attached hydrogens (tertiary/aromatic N) is 3. The van der Waals surface area contributed by atoms with Crippen LogP contribution in [0.15, 0.2) is 18.2 Å². The molecule has 7 heteroatoms. The third kappa shape index (κ3) is 7.39. The van der Waals surface area contributed by atoms with E-state index in [1.807, 2.05) is 6.07 Å². The Balaban J connectivity index is 1.00. The van der Waals surface area contributed by atoms with Crippen LogP contribution in [0.3, 0.4) is 0 Å². The van der Waals surface area contributed by atoms with E-state index < -0.39 is 0 Å². The number of ether oxygens (including phenoxy) is 2. The fourth-order valence-corrected chi connectivity index (χ4v) is 6.65. The minimum absolute atomic E-state index is 0.0811. The predicted octanol–water partition coefficient (Wildman–Crippen LogP) is 5.38. The second-order valence-corrected chi connectivity index (χ2v) is 11.6. The Morgan fingerprint density at radius 1 is 0.973 bits per heavy atom. The van der Waals surface area contributed by atoms with Crippen LogP contribution in [0.4, 0.5) is 10.5 Å². The molecule has 1 aromatic carbocycles. The van der Waals surface area contributed by atoms with Gasteiger partial charge in [0.1, 0.15) is 5.75 Å². The zero-order chi connectivity index (χ0) is 26.1. The highest BCUT2D eigenvalue weighted by Gasteiger charge is 2.52. The fraction of sp³-hybridized carbons (Fsp3) is 0.767. The summed E-state index contributed by atoms with van der Waals surface area (Å²) >= 11 is 0. The average molecular weight is 515 g/mol. The van der Waals surface area contributed by atoms with Crippen molar-refractivity contribution in [2.24, 2.45) is 0 Å². The number of carbonyl (C=O) groups excluding carboxylic acids is 1. The molecule has 2 fully saturated rings. The van der Waals surface area contributed by atoms with Crippen LogP contribution in [0.1, 0.15) is 83.1 Å². The third-order valence-electron chi connectivity index (χ3n) is 8.79. The van der Waals surface area contributed by atoms with Gasteiger partial charge in [-0.05, 0) is 56.6 Å². The highest BCUT2D eigenvalue weighted by atomic mass is 16.6. The highest BCUT2D eigenvalue weighted by Crippen LogP contribution is 2.51. The van der Waals surface area contributed by atoms with Crippen LogP contribution in [0.25, 0.3) is 0 Å². The summed E-state index contributed by atoms with van der Waals surface area (Å²) in [6, 6.07) is 6.10. The lowest BCUT2D eigenvalue weighted by atomic mass is 9.81. The number of hydrogen-bond acceptors (Lipinski definition) is 6. The summed E-state index contributed by atoms with van der Waals surface area (Å²) in [4.78, 5) is 19.7. The van der Waals surface area contributed by atoms with E-state index in [2.05, 4.69) is 53.2 Å². The average Bonchev–Trinajstić information content (AvgIpc) is 3.32. The number of rotatable bonds is 14. The third-order valence-corrected chi connectivity index (χ3v) is 8.79. The van der Waals surface area contributed by atoms with E-state index >= 15 is 0 Å². The quantitative estimate of drug-likeness (QED) is 0.337. The zero-order valence-corrected chi connectivity index (χ0v) is 23.6. The van der Waals surface area contributed by atoms with Crippen molar-refractivity contribution in [3.63, 3.8) is 0 Å². The van der Waals surface area contributed by atoms with Crippen LogP contribution in [0.5, 0.6) is 5.75 Å². The molecule has 2 saturated heterocycles. The normalized spacial score (nSPS) is 23.8. The summed E-state index contributed by atoms with van der Waals surface area (Å²) in [5.41, 5.74) is 2.62. The van der Waals surface area contributed by atoms with E-state index in [1.54, 1.807) is 0 Å². The molecule has 0 spiro atoms. The molecule has 0 bridgehead atoms. The summed E-state index contributed by atoms with van der Waals surface area (Å²) in [5.74, 6) is 0.641. The first kappa shape index (κ1) is 28.2. The lowest BCUT2D eigenvalue weighted by molar-refractivity contribution is 0.0371. The van der Waals surface area contributed by atoms with Crippen molar-refractivity contribution in [2.75, 3.05) is 64.9 Å². The molecule has 3 aliphatic rings. The molecule has 2 atom stereocenters. The van der Waals surface area contributed by atoms with E-state index in [0.29, 0.717) is 18.5 Å². The summed E-state index contributed by atoms with van der Waals surface area (Å²) in [6.45, 7) is 9.39. The van der Waals surface area contributed by atoms with Gasteiger partial charge in [0.25, 0.3) is 0 Å². The van der Waals surface area contributed by atoms with Crippen molar-refractivity contribution in [3.05, 3.63) is 23.8 Å². The standard InChI is InChI=1S/C30H50N4O3/c1-30-16-19-32(2)28(30)33(3)27-15-14-25(24-26(27)30)37-29(35)31-17-12-10-8-6-4-5-7-9-11-13-18-34-20-22-36-23-21-34/h14-15,24,28H,4-13,16-23H2,1-3H3,(H,31,35)/t28-,30+/m1/s1. The maximum atomic E-state index is 12.3. The fourth-order valence-electron chi connectivity index (χ4n) is 6.65. The van der Waals surface area contributed by atoms with E-state index in [1.165, 1.54) is 69.2 Å². The molecule has 0 aromatic heterocycles. The van der Waals surface area contributed by atoms with Crippen molar-refractivity contribution >= 4 is 11.8 Å². The molecule has 0 aliphatic carbocycles. The van der Waals surface area contributed by atoms with Gasteiger partial charge in [-0.1, -0.05) is 58.3 Å². The first-order chi connectivity index (χ1) is 18.0. The van der Waals surface area contributed by atoms with Gasteiger partial charge in [0.05, 0.1) is 19.4 Å². The van der Waals surface area contributed by atoms with Crippen LogP contribution >= 0.6 is 0 Å². The second-order valence-electron chi connectivity index (χ2n) is 11.6. The Hall–Kier alpha value is -1.83. The topological polar surface area (TPSA) is 57.3 Å². The molecule has 3 aliphatic heterocycles. The number of hydrogen-bond donors (Lipinski definition) is 1. The molecule has 0 unspecified atom stereocenters. The van der Waals surface area contributed by atoms with Gasteiger partial charge in [-0.2, -0.15) is 0 Å². The molecule has 0 radical (unpaired) electrons. The van der Waals surface area contributed by atoms with Crippen LogP contribution < -0.4 is 15.0 Å². The summed E-state index contributed by atoms with van der Waals surface area (Å²) < 4.78 is 11.0. The van der Waals surface area contributed by atoms with Gasteiger partial charge < -0.3 is 19.7 Å². The number of likely N-dealkylation sites (tertiary alicyclic amines) is 1.